The molecule has 188 valence electrons. The van der Waals surface area contributed by atoms with Crippen LogP contribution in [0.5, 0.6) is 11.5 Å². The predicted molar refractivity (Wildman–Crippen MR) is 145 cm³/mol. The molecule has 4 aromatic rings. The van der Waals surface area contributed by atoms with E-state index in [4.69, 9.17) is 14.5 Å². The molecule has 2 heterocycles. The van der Waals surface area contributed by atoms with Crippen molar-refractivity contribution in [2.45, 2.75) is 26.3 Å². The van der Waals surface area contributed by atoms with E-state index in [2.05, 4.69) is 6.92 Å². The number of fused-ring (bicyclic) bond motifs is 1. The van der Waals surface area contributed by atoms with Crippen molar-refractivity contribution in [2.24, 2.45) is 0 Å². The van der Waals surface area contributed by atoms with Gasteiger partial charge >= 0.3 is 5.91 Å². The summed E-state index contributed by atoms with van der Waals surface area (Å²) >= 11 is 1.33. The van der Waals surface area contributed by atoms with Gasteiger partial charge in [-0.25, -0.2) is 4.98 Å². The summed E-state index contributed by atoms with van der Waals surface area (Å²) < 4.78 is 12.0. The molecule has 1 atom stereocenters. The summed E-state index contributed by atoms with van der Waals surface area (Å²) in [5.41, 5.74) is 3.79. The molecule has 0 spiro atoms. The number of aliphatic hydroxyl groups excluding tert-OH is 1. The van der Waals surface area contributed by atoms with Gasteiger partial charge in [0.1, 0.15) is 23.3 Å². The molecule has 0 unspecified atom stereocenters. The Kier molecular flexibility index (Phi) is 6.43. The number of Topliss-reactive ketones (excluding diaryl/α,β-unsaturated/α-hetero) is 1. The Morgan fingerprint density at radius 1 is 1.03 bits per heavy atom. The molecule has 1 fully saturated rings. The van der Waals surface area contributed by atoms with E-state index in [-0.39, 0.29) is 11.3 Å². The van der Waals surface area contributed by atoms with Crippen molar-refractivity contribution in [2.75, 3.05) is 19.1 Å². The summed E-state index contributed by atoms with van der Waals surface area (Å²) in [5.74, 6) is -0.847. The van der Waals surface area contributed by atoms with Crippen LogP contribution in [0.15, 0.2) is 66.2 Å². The number of rotatable bonds is 6. The average molecular weight is 515 g/mol. The number of benzene rings is 3. The number of aliphatic hydroxyl groups is 1. The van der Waals surface area contributed by atoms with Crippen molar-refractivity contribution in [1.82, 2.24) is 4.98 Å². The second-order valence-electron chi connectivity index (χ2n) is 8.80. The van der Waals surface area contributed by atoms with Crippen molar-refractivity contribution < 1.29 is 24.2 Å². The van der Waals surface area contributed by atoms with Crippen LogP contribution in [0.4, 0.5) is 5.13 Å². The van der Waals surface area contributed by atoms with E-state index in [1.165, 1.54) is 30.5 Å². The van der Waals surface area contributed by atoms with Gasteiger partial charge in [-0.1, -0.05) is 54.2 Å². The number of methoxy groups -OCH3 is 2. The first-order chi connectivity index (χ1) is 17.9. The quantitative estimate of drug-likeness (QED) is 0.198. The number of amides is 1. The van der Waals surface area contributed by atoms with Crippen LogP contribution in [0.3, 0.4) is 0 Å². The topological polar surface area (TPSA) is 89.0 Å². The van der Waals surface area contributed by atoms with Gasteiger partial charge in [0.25, 0.3) is 5.78 Å². The molecule has 5 rings (SSSR count). The number of aromatic nitrogens is 1. The van der Waals surface area contributed by atoms with Gasteiger partial charge in [-0.3, -0.25) is 14.5 Å². The zero-order valence-electron chi connectivity index (χ0n) is 20.9. The Bertz CT molecular complexity index is 1550. The Hall–Kier alpha value is -4.17. The SMILES string of the molecule is CCc1ccc2nc(N3C(=O)C(=O)/C(=C(/O)c4ccc(C)cc4)[C@@H]3c3cc(OC)ccc3OC)sc2c1. The fourth-order valence-corrected chi connectivity index (χ4v) is 5.58. The lowest BCUT2D eigenvalue weighted by Crippen LogP contribution is -2.29. The second kappa shape index (κ2) is 9.71. The maximum Gasteiger partial charge on any atom is 0.301 e. The number of hydrogen-bond acceptors (Lipinski definition) is 7. The third-order valence-corrected chi connectivity index (χ3v) is 7.57. The van der Waals surface area contributed by atoms with Gasteiger partial charge in [0, 0.05) is 11.1 Å². The molecule has 0 radical (unpaired) electrons. The predicted octanol–water partition coefficient (Wildman–Crippen LogP) is 5.81. The van der Waals surface area contributed by atoms with E-state index in [1.54, 1.807) is 30.3 Å². The van der Waals surface area contributed by atoms with Crippen LogP contribution >= 0.6 is 11.3 Å². The summed E-state index contributed by atoms with van der Waals surface area (Å²) in [5, 5.41) is 11.7. The Balaban J connectivity index is 1.77. The van der Waals surface area contributed by atoms with E-state index < -0.39 is 17.7 Å². The Labute approximate surface area is 218 Å². The van der Waals surface area contributed by atoms with Gasteiger partial charge in [-0.05, 0) is 49.2 Å². The van der Waals surface area contributed by atoms with Crippen molar-refractivity contribution >= 4 is 44.1 Å². The number of anilines is 1. The van der Waals surface area contributed by atoms with E-state index in [0.29, 0.717) is 27.8 Å². The van der Waals surface area contributed by atoms with Crippen LogP contribution in [-0.4, -0.2) is 36.0 Å². The van der Waals surface area contributed by atoms with Crippen LogP contribution in [0.25, 0.3) is 16.0 Å². The minimum absolute atomic E-state index is 0.0334. The van der Waals surface area contributed by atoms with Gasteiger partial charge in [-0.2, -0.15) is 0 Å². The van der Waals surface area contributed by atoms with Crippen LogP contribution < -0.4 is 14.4 Å². The van der Waals surface area contributed by atoms with Crippen LogP contribution in [0.2, 0.25) is 0 Å². The second-order valence-corrected chi connectivity index (χ2v) is 9.80. The normalized spacial score (nSPS) is 17.0. The highest BCUT2D eigenvalue weighted by molar-refractivity contribution is 7.22. The average Bonchev–Trinajstić information content (AvgIpc) is 3.45. The van der Waals surface area contributed by atoms with Crippen LogP contribution in [0, 0.1) is 6.92 Å². The minimum Gasteiger partial charge on any atom is -0.507 e. The zero-order chi connectivity index (χ0) is 26.3. The molecule has 3 aromatic carbocycles. The standard InChI is InChI=1S/C29H26N2O5S/c1-5-17-8-12-21-23(14-17)37-29(30-21)31-25(20-15-19(35-3)11-13-22(20)36-4)24(27(33)28(31)34)26(32)18-9-6-16(2)7-10-18/h6-15,25,32H,5H2,1-4H3/b26-24+/t25-/m0/s1. The number of carbonyl (C=O) groups excluding carboxylic acids is 2. The first-order valence-corrected chi connectivity index (χ1v) is 12.7. The highest BCUT2D eigenvalue weighted by atomic mass is 32.1. The third-order valence-electron chi connectivity index (χ3n) is 6.56. The molecule has 1 aromatic heterocycles. The zero-order valence-corrected chi connectivity index (χ0v) is 21.8. The summed E-state index contributed by atoms with van der Waals surface area (Å²) in [6.45, 7) is 4.00. The number of ether oxygens (including phenoxy) is 2. The Morgan fingerprint density at radius 3 is 2.46 bits per heavy atom. The van der Waals surface area contributed by atoms with Crippen molar-refractivity contribution in [3.8, 4) is 11.5 Å². The first kappa shape index (κ1) is 24.5. The summed E-state index contributed by atoms with van der Waals surface area (Å²) in [6.07, 6.45) is 0.866. The molecule has 1 saturated heterocycles. The number of nitrogens with zero attached hydrogens (tertiary/aromatic N) is 2. The lowest BCUT2D eigenvalue weighted by atomic mass is 9.94. The van der Waals surface area contributed by atoms with Crippen molar-refractivity contribution in [3.05, 3.63) is 88.5 Å². The molecule has 7 nitrogen and oxygen atoms in total. The number of aryl methyl sites for hydroxylation is 2. The monoisotopic (exact) mass is 514 g/mol. The summed E-state index contributed by atoms with van der Waals surface area (Å²) in [4.78, 5) is 33.1. The lowest BCUT2D eigenvalue weighted by molar-refractivity contribution is -0.132. The molecular formula is C29H26N2O5S. The first-order valence-electron chi connectivity index (χ1n) is 11.9. The van der Waals surface area contributed by atoms with Crippen molar-refractivity contribution in [3.63, 3.8) is 0 Å². The van der Waals surface area contributed by atoms with Crippen LogP contribution in [-0.2, 0) is 16.0 Å². The highest BCUT2D eigenvalue weighted by Crippen LogP contribution is 2.47. The lowest BCUT2D eigenvalue weighted by Gasteiger charge is -2.25. The molecule has 1 aliphatic heterocycles. The minimum atomic E-state index is -0.974. The number of ketones is 1. The van der Waals surface area contributed by atoms with Gasteiger partial charge in [0.15, 0.2) is 5.13 Å². The van der Waals surface area contributed by atoms with E-state index in [0.717, 1.165) is 27.8 Å². The molecule has 0 saturated carbocycles. The summed E-state index contributed by atoms with van der Waals surface area (Å²) in [7, 11) is 3.05. The number of carbonyl (C=O) groups is 2. The largest absolute Gasteiger partial charge is 0.507 e. The van der Waals surface area contributed by atoms with Crippen molar-refractivity contribution in [1.29, 1.82) is 0 Å². The molecule has 1 aliphatic rings. The Morgan fingerprint density at radius 2 is 1.78 bits per heavy atom. The molecule has 8 heteroatoms. The number of thiazole rings is 1. The van der Waals surface area contributed by atoms with Gasteiger partial charge in [0.2, 0.25) is 0 Å². The molecule has 1 amide bonds. The van der Waals surface area contributed by atoms with Crippen LogP contribution in [0.1, 0.15) is 35.2 Å². The maximum absolute atomic E-state index is 13.6. The smallest absolute Gasteiger partial charge is 0.301 e. The van der Waals surface area contributed by atoms with E-state index in [1.807, 2.05) is 37.3 Å². The van der Waals surface area contributed by atoms with E-state index >= 15 is 0 Å². The molecular weight excluding hydrogens is 488 g/mol. The fourth-order valence-electron chi connectivity index (χ4n) is 4.52. The molecule has 0 bridgehead atoms. The fraction of sp³-hybridized carbons (Fsp3) is 0.207. The number of hydrogen-bond donors (Lipinski definition) is 1. The maximum atomic E-state index is 13.6. The van der Waals surface area contributed by atoms with Gasteiger partial charge in [0.05, 0.1) is 30.0 Å². The summed E-state index contributed by atoms with van der Waals surface area (Å²) in [6, 6.07) is 17.3. The van der Waals surface area contributed by atoms with E-state index in [9.17, 15) is 14.7 Å². The van der Waals surface area contributed by atoms with Gasteiger partial charge in [-0.15, -0.1) is 0 Å². The third kappa shape index (κ3) is 4.23. The molecule has 0 aliphatic carbocycles. The molecule has 37 heavy (non-hydrogen) atoms. The highest BCUT2D eigenvalue weighted by Gasteiger charge is 2.49. The molecule has 1 N–H and O–H groups in total. The van der Waals surface area contributed by atoms with Gasteiger partial charge < -0.3 is 14.6 Å².